The summed E-state index contributed by atoms with van der Waals surface area (Å²) in [6, 6.07) is 8.44. The van der Waals surface area contributed by atoms with E-state index in [2.05, 4.69) is 65.8 Å². The largest absolute Gasteiger partial charge is 0.383 e. The molecule has 0 amide bonds. The first kappa shape index (κ1) is 21.1. The Morgan fingerprint density at radius 1 is 1.18 bits per heavy atom. The summed E-state index contributed by atoms with van der Waals surface area (Å²) in [5, 5.41) is 6.50. The van der Waals surface area contributed by atoms with Crippen molar-refractivity contribution < 1.29 is 4.74 Å². The van der Waals surface area contributed by atoms with Gasteiger partial charge in [0.05, 0.1) is 13.2 Å². The van der Waals surface area contributed by atoms with Crippen molar-refractivity contribution >= 4 is 29.9 Å². The van der Waals surface area contributed by atoms with Crippen LogP contribution in [0.15, 0.2) is 29.3 Å². The molecule has 0 aliphatic heterocycles. The molecule has 0 aliphatic rings. The molecule has 6 heteroatoms. The quantitative estimate of drug-likeness (QED) is 0.293. The van der Waals surface area contributed by atoms with Crippen LogP contribution in [0, 0.1) is 0 Å². The van der Waals surface area contributed by atoms with Gasteiger partial charge in [-0.1, -0.05) is 24.3 Å². The Hall–Kier alpha value is -0.860. The number of halogens is 1. The summed E-state index contributed by atoms with van der Waals surface area (Å²) in [4.78, 5) is 6.82. The molecule has 0 radical (unpaired) electrons. The van der Waals surface area contributed by atoms with Crippen LogP contribution >= 0.6 is 24.0 Å². The first-order valence-electron chi connectivity index (χ1n) is 7.40. The molecule has 126 valence electrons. The number of guanidine groups is 1. The summed E-state index contributed by atoms with van der Waals surface area (Å²) >= 11 is 0. The van der Waals surface area contributed by atoms with Gasteiger partial charge in [-0.15, -0.1) is 24.0 Å². The molecule has 0 atom stereocenters. The van der Waals surface area contributed by atoms with Crippen LogP contribution in [0.2, 0.25) is 0 Å². The number of aliphatic imine (C=N–C) groups is 1. The van der Waals surface area contributed by atoms with Gasteiger partial charge in [-0.2, -0.15) is 0 Å². The number of rotatable bonds is 8. The third-order valence-corrected chi connectivity index (χ3v) is 2.96. The Morgan fingerprint density at radius 2 is 1.86 bits per heavy atom. The van der Waals surface area contributed by atoms with Crippen molar-refractivity contribution in [3.8, 4) is 0 Å². The van der Waals surface area contributed by atoms with E-state index in [0.29, 0.717) is 13.2 Å². The molecule has 5 nitrogen and oxygen atoms in total. The van der Waals surface area contributed by atoms with Crippen LogP contribution in [0.1, 0.15) is 18.1 Å². The second-order valence-electron chi connectivity index (χ2n) is 5.12. The van der Waals surface area contributed by atoms with Gasteiger partial charge in [-0.3, -0.25) is 0 Å². The fraction of sp³-hybridized carbons (Fsp3) is 0.562. The Morgan fingerprint density at radius 3 is 2.45 bits per heavy atom. The summed E-state index contributed by atoms with van der Waals surface area (Å²) in [7, 11) is 5.86. The van der Waals surface area contributed by atoms with Crippen molar-refractivity contribution in [3.63, 3.8) is 0 Å². The normalized spacial score (nSPS) is 11.2. The molecule has 22 heavy (non-hydrogen) atoms. The zero-order valence-corrected chi connectivity index (χ0v) is 16.4. The minimum atomic E-state index is 0. The van der Waals surface area contributed by atoms with Gasteiger partial charge in [-0.25, -0.2) is 4.99 Å². The van der Waals surface area contributed by atoms with Crippen LogP contribution in [-0.4, -0.2) is 51.8 Å². The van der Waals surface area contributed by atoms with E-state index in [1.807, 2.05) is 0 Å². The lowest BCUT2D eigenvalue weighted by Crippen LogP contribution is -2.38. The first-order valence-corrected chi connectivity index (χ1v) is 7.40. The zero-order chi connectivity index (χ0) is 15.5. The first-order chi connectivity index (χ1) is 10.2. The second kappa shape index (κ2) is 12.7. The fourth-order valence-electron chi connectivity index (χ4n) is 1.98. The SMILES string of the molecule is CCNC(=NCc1ccccc1CN(C)C)NCCOC.I. The number of benzene rings is 1. The minimum Gasteiger partial charge on any atom is -0.383 e. The number of methoxy groups -OCH3 is 1. The average Bonchev–Trinajstić information content (AvgIpc) is 2.45. The van der Waals surface area contributed by atoms with Crippen molar-refractivity contribution in [1.29, 1.82) is 0 Å². The van der Waals surface area contributed by atoms with E-state index in [9.17, 15) is 0 Å². The molecular weight excluding hydrogens is 391 g/mol. The van der Waals surface area contributed by atoms with Crippen molar-refractivity contribution in [2.45, 2.75) is 20.0 Å². The molecule has 0 spiro atoms. The van der Waals surface area contributed by atoms with Gasteiger partial charge in [0.15, 0.2) is 5.96 Å². The van der Waals surface area contributed by atoms with E-state index in [0.717, 1.165) is 25.6 Å². The lowest BCUT2D eigenvalue weighted by Gasteiger charge is -2.14. The van der Waals surface area contributed by atoms with Gasteiger partial charge in [0.25, 0.3) is 0 Å². The predicted octanol–water partition coefficient (Wildman–Crippen LogP) is 2.07. The standard InChI is InChI=1S/C16H28N4O.HI/c1-5-17-16(18-10-11-21-4)19-12-14-8-6-7-9-15(14)13-20(2)3;/h6-9H,5,10-13H2,1-4H3,(H2,17,18,19);1H. The summed E-state index contributed by atoms with van der Waals surface area (Å²) in [6.45, 7) is 5.93. The summed E-state index contributed by atoms with van der Waals surface area (Å²) in [5.74, 6) is 0.828. The minimum absolute atomic E-state index is 0. The molecule has 0 saturated heterocycles. The highest BCUT2D eigenvalue weighted by Gasteiger charge is 2.03. The summed E-state index contributed by atoms with van der Waals surface area (Å²) in [5.41, 5.74) is 2.58. The fourth-order valence-corrected chi connectivity index (χ4v) is 1.98. The Balaban J connectivity index is 0.00000441. The van der Waals surface area contributed by atoms with Crippen LogP contribution in [0.25, 0.3) is 0 Å². The van der Waals surface area contributed by atoms with Crippen LogP contribution in [-0.2, 0) is 17.8 Å². The van der Waals surface area contributed by atoms with Gasteiger partial charge in [0.1, 0.15) is 0 Å². The molecule has 0 saturated carbocycles. The maximum atomic E-state index is 5.05. The van der Waals surface area contributed by atoms with Crippen LogP contribution in [0.5, 0.6) is 0 Å². The Bertz CT molecular complexity index is 438. The molecule has 2 N–H and O–H groups in total. The molecule has 0 unspecified atom stereocenters. The van der Waals surface area contributed by atoms with Crippen LogP contribution in [0.4, 0.5) is 0 Å². The number of nitrogens with zero attached hydrogens (tertiary/aromatic N) is 2. The molecule has 0 fully saturated rings. The van der Waals surface area contributed by atoms with E-state index in [1.165, 1.54) is 11.1 Å². The predicted molar refractivity (Wildman–Crippen MR) is 104 cm³/mol. The Labute approximate surface area is 151 Å². The highest BCUT2D eigenvalue weighted by molar-refractivity contribution is 14.0. The average molecular weight is 420 g/mol. The highest BCUT2D eigenvalue weighted by Crippen LogP contribution is 2.11. The van der Waals surface area contributed by atoms with Crippen LogP contribution in [0.3, 0.4) is 0 Å². The van der Waals surface area contributed by atoms with E-state index >= 15 is 0 Å². The molecule has 0 aromatic heterocycles. The number of hydrogen-bond acceptors (Lipinski definition) is 3. The monoisotopic (exact) mass is 420 g/mol. The number of hydrogen-bond donors (Lipinski definition) is 2. The van der Waals surface area contributed by atoms with Crippen LogP contribution < -0.4 is 10.6 Å². The third kappa shape index (κ3) is 8.55. The molecule has 0 heterocycles. The van der Waals surface area contributed by atoms with Crippen molar-refractivity contribution in [3.05, 3.63) is 35.4 Å². The van der Waals surface area contributed by atoms with Gasteiger partial charge >= 0.3 is 0 Å². The topological polar surface area (TPSA) is 48.9 Å². The molecule has 0 bridgehead atoms. The van der Waals surface area contributed by atoms with E-state index in [4.69, 9.17) is 4.74 Å². The van der Waals surface area contributed by atoms with Crippen molar-refractivity contribution in [1.82, 2.24) is 15.5 Å². The molecular formula is C16H29IN4O. The van der Waals surface area contributed by atoms with Gasteiger partial charge in [0.2, 0.25) is 0 Å². The number of nitrogens with one attached hydrogen (secondary N) is 2. The number of ether oxygens (including phenoxy) is 1. The zero-order valence-electron chi connectivity index (χ0n) is 14.1. The third-order valence-electron chi connectivity index (χ3n) is 2.96. The highest BCUT2D eigenvalue weighted by atomic mass is 127. The van der Waals surface area contributed by atoms with Gasteiger partial charge in [0, 0.05) is 26.7 Å². The lowest BCUT2D eigenvalue weighted by molar-refractivity contribution is 0.203. The molecule has 1 aromatic rings. The molecule has 0 aliphatic carbocycles. The summed E-state index contributed by atoms with van der Waals surface area (Å²) in [6.07, 6.45) is 0. The maximum absolute atomic E-state index is 5.05. The maximum Gasteiger partial charge on any atom is 0.191 e. The van der Waals surface area contributed by atoms with E-state index in [-0.39, 0.29) is 24.0 Å². The Kier molecular flexibility index (Phi) is 12.2. The van der Waals surface area contributed by atoms with Crippen molar-refractivity contribution in [2.24, 2.45) is 4.99 Å². The van der Waals surface area contributed by atoms with E-state index in [1.54, 1.807) is 7.11 Å². The van der Waals surface area contributed by atoms with Gasteiger partial charge < -0.3 is 20.3 Å². The molecule has 1 aromatic carbocycles. The van der Waals surface area contributed by atoms with E-state index < -0.39 is 0 Å². The van der Waals surface area contributed by atoms with Crippen molar-refractivity contribution in [2.75, 3.05) is 40.9 Å². The lowest BCUT2D eigenvalue weighted by atomic mass is 10.1. The van der Waals surface area contributed by atoms with Gasteiger partial charge in [-0.05, 0) is 32.1 Å². The second-order valence-corrected chi connectivity index (χ2v) is 5.12. The smallest absolute Gasteiger partial charge is 0.191 e. The summed E-state index contributed by atoms with van der Waals surface area (Å²) < 4.78 is 5.05. The molecule has 1 rings (SSSR count).